The third-order valence-corrected chi connectivity index (χ3v) is 4.14. The van der Waals surface area contributed by atoms with E-state index in [2.05, 4.69) is 11.1 Å². The maximum absolute atomic E-state index is 11.4. The van der Waals surface area contributed by atoms with Crippen LogP contribution in [0.3, 0.4) is 0 Å². The molecule has 1 fully saturated rings. The lowest BCUT2D eigenvalue weighted by Gasteiger charge is -2.31. The van der Waals surface area contributed by atoms with Gasteiger partial charge < -0.3 is 9.64 Å². The van der Waals surface area contributed by atoms with Crippen LogP contribution in [0.4, 0.5) is 0 Å². The molecule has 0 bridgehead atoms. The Labute approximate surface area is 130 Å². The number of aromatic nitrogens is 1. The normalized spacial score (nSPS) is 15.6. The van der Waals surface area contributed by atoms with Gasteiger partial charge >= 0.3 is 0 Å². The number of benzene rings is 1. The van der Waals surface area contributed by atoms with Gasteiger partial charge in [0.25, 0.3) is 0 Å². The van der Waals surface area contributed by atoms with Gasteiger partial charge in [0.15, 0.2) is 0 Å². The van der Waals surface area contributed by atoms with Crippen molar-refractivity contribution in [1.82, 2.24) is 9.88 Å². The number of carbonyl (C=O) groups excluding carboxylic acids is 1. The van der Waals surface area contributed by atoms with Crippen LogP contribution in [-0.4, -0.2) is 28.9 Å². The quantitative estimate of drug-likeness (QED) is 0.869. The Morgan fingerprint density at radius 2 is 1.86 bits per heavy atom. The van der Waals surface area contributed by atoms with Gasteiger partial charge in [-0.05, 0) is 37.0 Å². The topological polar surface area (TPSA) is 42.4 Å². The first kappa shape index (κ1) is 14.6. The zero-order chi connectivity index (χ0) is 15.4. The van der Waals surface area contributed by atoms with Crippen molar-refractivity contribution in [2.24, 2.45) is 0 Å². The molecule has 1 aromatic heterocycles. The molecule has 1 amide bonds. The van der Waals surface area contributed by atoms with Crippen LogP contribution < -0.4 is 4.74 Å². The lowest BCUT2D eigenvalue weighted by molar-refractivity contribution is -0.129. The van der Waals surface area contributed by atoms with Gasteiger partial charge in [-0.25, -0.2) is 4.98 Å². The number of ether oxygens (including phenoxy) is 1. The summed E-state index contributed by atoms with van der Waals surface area (Å²) in [5.41, 5.74) is 1.13. The smallest absolute Gasteiger partial charge is 0.222 e. The highest BCUT2D eigenvalue weighted by Gasteiger charge is 2.24. The van der Waals surface area contributed by atoms with Gasteiger partial charge in [-0.1, -0.05) is 24.3 Å². The van der Waals surface area contributed by atoms with Gasteiger partial charge in [-0.15, -0.1) is 0 Å². The molecule has 2 aromatic rings. The van der Waals surface area contributed by atoms with E-state index < -0.39 is 0 Å². The summed E-state index contributed by atoms with van der Waals surface area (Å²) in [5.74, 6) is 2.02. The maximum Gasteiger partial charge on any atom is 0.222 e. The number of hydrogen-bond acceptors (Lipinski definition) is 3. The highest BCUT2D eigenvalue weighted by atomic mass is 16.5. The number of carbonyl (C=O) groups is 1. The number of likely N-dealkylation sites (tertiary alicyclic amines) is 1. The molecule has 0 aliphatic carbocycles. The van der Waals surface area contributed by atoms with Gasteiger partial charge in [0.2, 0.25) is 11.8 Å². The monoisotopic (exact) mass is 296 g/mol. The molecule has 114 valence electrons. The minimum absolute atomic E-state index is 0.158. The van der Waals surface area contributed by atoms with Crippen molar-refractivity contribution in [3.05, 3.63) is 54.2 Å². The summed E-state index contributed by atoms with van der Waals surface area (Å²) in [6, 6.07) is 13.7. The Hall–Kier alpha value is -2.36. The Morgan fingerprint density at radius 1 is 1.14 bits per heavy atom. The van der Waals surface area contributed by atoms with Gasteiger partial charge in [0.05, 0.1) is 0 Å². The van der Waals surface area contributed by atoms with Crippen LogP contribution in [0.5, 0.6) is 11.6 Å². The molecule has 1 aliphatic heterocycles. The second-order valence-corrected chi connectivity index (χ2v) is 5.59. The van der Waals surface area contributed by atoms with Gasteiger partial charge in [0.1, 0.15) is 5.75 Å². The first-order chi connectivity index (χ1) is 10.7. The van der Waals surface area contributed by atoms with Crippen LogP contribution in [0, 0.1) is 0 Å². The summed E-state index contributed by atoms with van der Waals surface area (Å²) in [6.07, 6.45) is 3.67. The van der Waals surface area contributed by atoms with Crippen LogP contribution in [0.25, 0.3) is 0 Å². The van der Waals surface area contributed by atoms with Crippen molar-refractivity contribution < 1.29 is 9.53 Å². The van der Waals surface area contributed by atoms with Crippen LogP contribution >= 0.6 is 0 Å². The Kier molecular flexibility index (Phi) is 4.37. The predicted octanol–water partition coefficient (Wildman–Crippen LogP) is 3.60. The Bertz CT molecular complexity index is 635. The zero-order valence-electron chi connectivity index (χ0n) is 12.7. The molecule has 0 spiro atoms. The lowest BCUT2D eigenvalue weighted by atomic mass is 9.90. The number of piperidine rings is 1. The van der Waals surface area contributed by atoms with E-state index in [9.17, 15) is 4.79 Å². The Morgan fingerprint density at radius 3 is 2.55 bits per heavy atom. The molecule has 22 heavy (non-hydrogen) atoms. The molecule has 0 atom stereocenters. The third-order valence-electron chi connectivity index (χ3n) is 4.14. The van der Waals surface area contributed by atoms with E-state index in [0.29, 0.717) is 11.8 Å². The predicted molar refractivity (Wildman–Crippen MR) is 85.0 cm³/mol. The number of para-hydroxylation sites is 1. The van der Waals surface area contributed by atoms with Crippen molar-refractivity contribution in [1.29, 1.82) is 0 Å². The summed E-state index contributed by atoms with van der Waals surface area (Å²) in [4.78, 5) is 17.7. The van der Waals surface area contributed by atoms with E-state index in [4.69, 9.17) is 4.74 Å². The molecule has 4 heteroatoms. The number of nitrogens with zero attached hydrogens (tertiary/aromatic N) is 2. The van der Waals surface area contributed by atoms with Crippen LogP contribution in [0.2, 0.25) is 0 Å². The average molecular weight is 296 g/mol. The molecule has 2 heterocycles. The van der Waals surface area contributed by atoms with E-state index in [0.717, 1.165) is 37.2 Å². The second-order valence-electron chi connectivity index (χ2n) is 5.59. The van der Waals surface area contributed by atoms with Crippen molar-refractivity contribution in [3.8, 4) is 11.6 Å². The summed E-state index contributed by atoms with van der Waals surface area (Å²) in [6.45, 7) is 3.24. The molecule has 0 saturated carbocycles. The minimum atomic E-state index is 0.158. The van der Waals surface area contributed by atoms with Crippen molar-refractivity contribution in [3.63, 3.8) is 0 Å². The standard InChI is InChI=1S/C18H20N2O2/c1-14(21)20-12-9-15(10-13-20)17-8-5-11-19-18(17)22-16-6-3-2-4-7-16/h2-8,11,15H,9-10,12-13H2,1H3. The van der Waals surface area contributed by atoms with Gasteiger partial charge in [-0.2, -0.15) is 0 Å². The highest BCUT2D eigenvalue weighted by Crippen LogP contribution is 2.34. The second kappa shape index (κ2) is 6.60. The molecule has 0 radical (unpaired) electrons. The largest absolute Gasteiger partial charge is 0.439 e. The molecule has 0 N–H and O–H groups in total. The fourth-order valence-corrected chi connectivity index (χ4v) is 2.90. The molecule has 1 saturated heterocycles. The summed E-state index contributed by atoms with van der Waals surface area (Å²) in [7, 11) is 0. The summed E-state index contributed by atoms with van der Waals surface area (Å²) < 4.78 is 5.95. The minimum Gasteiger partial charge on any atom is -0.439 e. The van der Waals surface area contributed by atoms with E-state index >= 15 is 0 Å². The van der Waals surface area contributed by atoms with E-state index in [1.807, 2.05) is 41.3 Å². The van der Waals surface area contributed by atoms with Gasteiger partial charge in [0, 0.05) is 31.8 Å². The molecule has 4 nitrogen and oxygen atoms in total. The van der Waals surface area contributed by atoms with Crippen molar-refractivity contribution in [2.45, 2.75) is 25.7 Å². The van der Waals surface area contributed by atoms with Gasteiger partial charge in [-0.3, -0.25) is 4.79 Å². The molecule has 0 unspecified atom stereocenters. The van der Waals surface area contributed by atoms with Crippen LogP contribution in [-0.2, 0) is 4.79 Å². The van der Waals surface area contributed by atoms with Crippen molar-refractivity contribution >= 4 is 5.91 Å². The molecule has 1 aliphatic rings. The average Bonchev–Trinajstić information content (AvgIpc) is 2.56. The zero-order valence-corrected chi connectivity index (χ0v) is 12.7. The Balaban J connectivity index is 1.76. The third kappa shape index (κ3) is 3.27. The maximum atomic E-state index is 11.4. The number of amides is 1. The molecule has 3 rings (SSSR count). The van der Waals surface area contributed by atoms with E-state index in [1.54, 1.807) is 13.1 Å². The lowest BCUT2D eigenvalue weighted by Crippen LogP contribution is -2.36. The molecular formula is C18H20N2O2. The number of pyridine rings is 1. The molecular weight excluding hydrogens is 276 g/mol. The fraction of sp³-hybridized carbons (Fsp3) is 0.333. The van der Waals surface area contributed by atoms with Crippen molar-refractivity contribution in [2.75, 3.05) is 13.1 Å². The summed E-state index contributed by atoms with van der Waals surface area (Å²) >= 11 is 0. The fourth-order valence-electron chi connectivity index (χ4n) is 2.90. The first-order valence-electron chi connectivity index (χ1n) is 7.67. The van der Waals surface area contributed by atoms with E-state index in [1.165, 1.54) is 0 Å². The SMILES string of the molecule is CC(=O)N1CCC(c2cccnc2Oc2ccccc2)CC1. The van der Waals surface area contributed by atoms with Crippen LogP contribution in [0.1, 0.15) is 31.2 Å². The number of hydrogen-bond donors (Lipinski definition) is 0. The molecule has 1 aromatic carbocycles. The van der Waals surface area contributed by atoms with Crippen LogP contribution in [0.15, 0.2) is 48.7 Å². The summed E-state index contributed by atoms with van der Waals surface area (Å²) in [5, 5.41) is 0. The highest BCUT2D eigenvalue weighted by molar-refractivity contribution is 5.73. The van der Waals surface area contributed by atoms with E-state index in [-0.39, 0.29) is 5.91 Å². The number of rotatable bonds is 3. The first-order valence-corrected chi connectivity index (χ1v) is 7.67.